The smallest absolute Gasteiger partial charge is 0.307 e. The third-order valence-electron chi connectivity index (χ3n) is 2.80. The molecule has 0 aliphatic carbocycles. The van der Waals surface area contributed by atoms with Gasteiger partial charge in [0.2, 0.25) is 0 Å². The summed E-state index contributed by atoms with van der Waals surface area (Å²) in [7, 11) is 1.63. The molecule has 0 aliphatic heterocycles. The average molecular weight is 262 g/mol. The molecule has 2 rings (SSSR count). The molecule has 0 atom stereocenters. The maximum Gasteiger partial charge on any atom is 0.307 e. The van der Waals surface area contributed by atoms with Gasteiger partial charge in [-0.2, -0.15) is 0 Å². The molecule has 18 heavy (non-hydrogen) atoms. The lowest BCUT2D eigenvalue weighted by atomic mass is 10.0. The Labute approximate surface area is 110 Å². The van der Waals surface area contributed by atoms with Gasteiger partial charge in [0.05, 0.1) is 13.5 Å². The zero-order chi connectivity index (χ0) is 13.1. The molecule has 0 radical (unpaired) electrons. The molecule has 0 aromatic heterocycles. The standard InChI is InChI=1S/C14H14O3S/c1-17-11-5-6-12-9(7-11)3-4-10(8-13(15)16)14(12)18-2/h3-7H,8H2,1-2H3,(H,15,16). The van der Waals surface area contributed by atoms with E-state index in [1.165, 1.54) is 0 Å². The molecule has 0 fully saturated rings. The molecule has 0 aliphatic rings. The van der Waals surface area contributed by atoms with Crippen molar-refractivity contribution in [3.05, 3.63) is 35.9 Å². The lowest BCUT2D eigenvalue weighted by molar-refractivity contribution is -0.136. The molecule has 0 bridgehead atoms. The fraction of sp³-hybridized carbons (Fsp3) is 0.214. The van der Waals surface area contributed by atoms with Gasteiger partial charge in [0.1, 0.15) is 5.75 Å². The van der Waals surface area contributed by atoms with Gasteiger partial charge in [-0.05, 0) is 40.8 Å². The summed E-state index contributed by atoms with van der Waals surface area (Å²) in [4.78, 5) is 11.9. The first-order valence-corrected chi connectivity index (χ1v) is 6.73. The second-order valence-corrected chi connectivity index (χ2v) is 4.73. The second-order valence-electron chi connectivity index (χ2n) is 3.92. The number of thioether (sulfide) groups is 1. The quantitative estimate of drug-likeness (QED) is 0.859. The number of hydrogen-bond donors (Lipinski definition) is 1. The number of hydrogen-bond acceptors (Lipinski definition) is 3. The van der Waals surface area contributed by atoms with Gasteiger partial charge in [-0.25, -0.2) is 0 Å². The maximum atomic E-state index is 10.8. The summed E-state index contributed by atoms with van der Waals surface area (Å²) in [5, 5.41) is 11.0. The number of ether oxygens (including phenoxy) is 1. The second kappa shape index (κ2) is 5.31. The third-order valence-corrected chi connectivity index (χ3v) is 3.70. The minimum absolute atomic E-state index is 0.0537. The Morgan fingerprint density at radius 3 is 2.72 bits per heavy atom. The van der Waals surface area contributed by atoms with Crippen LogP contribution in [-0.4, -0.2) is 24.4 Å². The van der Waals surface area contributed by atoms with Crippen LogP contribution in [0.4, 0.5) is 0 Å². The Kier molecular flexibility index (Phi) is 3.77. The first-order chi connectivity index (χ1) is 8.65. The fourth-order valence-corrected chi connectivity index (χ4v) is 2.80. The molecule has 0 unspecified atom stereocenters. The van der Waals surface area contributed by atoms with E-state index in [1.807, 2.05) is 36.6 Å². The predicted molar refractivity (Wildman–Crippen MR) is 73.6 cm³/mol. The van der Waals surface area contributed by atoms with Gasteiger partial charge in [0, 0.05) is 4.90 Å². The van der Waals surface area contributed by atoms with Crippen molar-refractivity contribution in [1.82, 2.24) is 0 Å². The van der Waals surface area contributed by atoms with E-state index in [1.54, 1.807) is 18.9 Å². The molecule has 0 spiro atoms. The summed E-state index contributed by atoms with van der Waals surface area (Å²) in [6.07, 6.45) is 2.02. The number of aliphatic carboxylic acids is 1. The predicted octanol–water partition coefficient (Wildman–Crippen LogP) is 3.20. The van der Waals surface area contributed by atoms with Crippen LogP contribution in [0, 0.1) is 0 Å². The van der Waals surface area contributed by atoms with E-state index < -0.39 is 5.97 Å². The fourth-order valence-electron chi connectivity index (χ4n) is 1.99. The van der Waals surface area contributed by atoms with Crippen LogP contribution in [0.1, 0.15) is 5.56 Å². The van der Waals surface area contributed by atoms with Crippen molar-refractivity contribution in [2.45, 2.75) is 11.3 Å². The molecule has 2 aromatic rings. The summed E-state index contributed by atoms with van der Waals surface area (Å²) in [5.41, 5.74) is 0.854. The topological polar surface area (TPSA) is 46.5 Å². The van der Waals surface area contributed by atoms with Crippen molar-refractivity contribution in [2.75, 3.05) is 13.4 Å². The lowest BCUT2D eigenvalue weighted by Gasteiger charge is -2.10. The Balaban J connectivity index is 2.60. The zero-order valence-corrected chi connectivity index (χ0v) is 11.1. The van der Waals surface area contributed by atoms with Gasteiger partial charge < -0.3 is 9.84 Å². The molecule has 2 aromatic carbocycles. The van der Waals surface area contributed by atoms with Crippen molar-refractivity contribution < 1.29 is 14.6 Å². The zero-order valence-electron chi connectivity index (χ0n) is 10.3. The highest BCUT2D eigenvalue weighted by molar-refractivity contribution is 7.98. The van der Waals surface area contributed by atoms with Crippen LogP contribution in [0.15, 0.2) is 35.2 Å². The average Bonchev–Trinajstić information content (AvgIpc) is 2.37. The van der Waals surface area contributed by atoms with Crippen LogP contribution in [0.2, 0.25) is 0 Å². The Morgan fingerprint density at radius 1 is 1.33 bits per heavy atom. The molecular weight excluding hydrogens is 248 g/mol. The van der Waals surface area contributed by atoms with Crippen molar-refractivity contribution in [3.8, 4) is 5.75 Å². The van der Waals surface area contributed by atoms with Gasteiger partial charge in [-0.1, -0.05) is 12.1 Å². The number of carboxylic acids is 1. The van der Waals surface area contributed by atoms with E-state index in [4.69, 9.17) is 9.84 Å². The Bertz CT molecular complexity index is 593. The summed E-state index contributed by atoms with van der Waals surface area (Å²) in [6.45, 7) is 0. The van der Waals surface area contributed by atoms with Crippen LogP contribution in [0.25, 0.3) is 10.8 Å². The van der Waals surface area contributed by atoms with Crippen molar-refractivity contribution in [2.24, 2.45) is 0 Å². The van der Waals surface area contributed by atoms with Gasteiger partial charge >= 0.3 is 5.97 Å². The SMILES string of the molecule is COc1ccc2c(SC)c(CC(=O)O)ccc2c1. The van der Waals surface area contributed by atoms with Crippen LogP contribution in [0.3, 0.4) is 0 Å². The largest absolute Gasteiger partial charge is 0.497 e. The van der Waals surface area contributed by atoms with E-state index >= 15 is 0 Å². The molecule has 0 amide bonds. The van der Waals surface area contributed by atoms with Crippen LogP contribution >= 0.6 is 11.8 Å². The number of benzene rings is 2. The highest BCUT2D eigenvalue weighted by Crippen LogP contribution is 2.32. The Morgan fingerprint density at radius 2 is 2.11 bits per heavy atom. The summed E-state index contributed by atoms with van der Waals surface area (Å²) in [5.74, 6) is -0.00120. The van der Waals surface area contributed by atoms with Gasteiger partial charge in [-0.3, -0.25) is 4.79 Å². The van der Waals surface area contributed by atoms with E-state index in [0.717, 1.165) is 27.0 Å². The highest BCUT2D eigenvalue weighted by atomic mass is 32.2. The third kappa shape index (κ3) is 2.43. The molecule has 0 saturated carbocycles. The van der Waals surface area contributed by atoms with Crippen LogP contribution in [0.5, 0.6) is 5.75 Å². The monoisotopic (exact) mass is 262 g/mol. The number of rotatable bonds is 4. The van der Waals surface area contributed by atoms with Crippen LogP contribution < -0.4 is 4.74 Å². The molecule has 4 heteroatoms. The van der Waals surface area contributed by atoms with Gasteiger partial charge in [0.25, 0.3) is 0 Å². The van der Waals surface area contributed by atoms with Crippen molar-refractivity contribution >= 4 is 28.5 Å². The van der Waals surface area contributed by atoms with Crippen LogP contribution in [-0.2, 0) is 11.2 Å². The van der Waals surface area contributed by atoms with Crippen molar-refractivity contribution in [3.63, 3.8) is 0 Å². The molecule has 94 valence electrons. The molecule has 3 nitrogen and oxygen atoms in total. The molecular formula is C14H14O3S. The number of carboxylic acid groups (broad SMARTS) is 1. The van der Waals surface area contributed by atoms with Crippen molar-refractivity contribution in [1.29, 1.82) is 0 Å². The normalized spacial score (nSPS) is 10.6. The van der Waals surface area contributed by atoms with E-state index in [9.17, 15) is 4.79 Å². The number of fused-ring (bicyclic) bond motifs is 1. The molecule has 1 N–H and O–H groups in total. The molecule has 0 heterocycles. The summed E-state index contributed by atoms with van der Waals surface area (Å²) >= 11 is 1.58. The van der Waals surface area contributed by atoms with Gasteiger partial charge in [-0.15, -0.1) is 11.8 Å². The first kappa shape index (κ1) is 12.8. The minimum atomic E-state index is -0.807. The van der Waals surface area contributed by atoms with Gasteiger partial charge in [0.15, 0.2) is 0 Å². The summed E-state index contributed by atoms with van der Waals surface area (Å²) < 4.78 is 5.19. The summed E-state index contributed by atoms with van der Waals surface area (Å²) in [6, 6.07) is 9.65. The highest BCUT2D eigenvalue weighted by Gasteiger charge is 2.10. The van der Waals surface area contributed by atoms with E-state index in [-0.39, 0.29) is 6.42 Å². The lowest BCUT2D eigenvalue weighted by Crippen LogP contribution is -2.01. The number of carbonyl (C=O) groups is 1. The molecule has 0 saturated heterocycles. The minimum Gasteiger partial charge on any atom is -0.497 e. The maximum absolute atomic E-state index is 10.8. The first-order valence-electron chi connectivity index (χ1n) is 5.51. The van der Waals surface area contributed by atoms with E-state index in [2.05, 4.69) is 0 Å². The number of methoxy groups -OCH3 is 1. The van der Waals surface area contributed by atoms with E-state index in [0.29, 0.717) is 0 Å². The Hall–Kier alpha value is -1.68.